The van der Waals surface area contributed by atoms with Crippen molar-refractivity contribution in [3.63, 3.8) is 0 Å². The van der Waals surface area contributed by atoms with Gasteiger partial charge in [-0.25, -0.2) is 0 Å². The molecule has 0 spiro atoms. The van der Waals surface area contributed by atoms with Gasteiger partial charge in [0.15, 0.2) is 0 Å². The van der Waals surface area contributed by atoms with Crippen LogP contribution in [0.4, 0.5) is 0 Å². The maximum Gasteiger partial charge on any atom is 0.0942 e. The second-order valence-electron chi connectivity index (χ2n) is 8.59. The van der Waals surface area contributed by atoms with Crippen molar-refractivity contribution in [1.82, 2.24) is 0 Å². The van der Waals surface area contributed by atoms with E-state index in [0.717, 1.165) is 50.9 Å². The summed E-state index contributed by atoms with van der Waals surface area (Å²) in [6.45, 7) is 0.290. The minimum Gasteiger partial charge on any atom is -0.512 e. The molecule has 2 saturated carbocycles. The number of fused-ring (bicyclic) bond motifs is 1. The van der Waals surface area contributed by atoms with Gasteiger partial charge in [0.2, 0.25) is 0 Å². The van der Waals surface area contributed by atoms with E-state index in [1.807, 2.05) is 6.08 Å². The Hall–Kier alpha value is -0.800. The molecule has 25 heavy (non-hydrogen) atoms. The predicted octanol–water partition coefficient (Wildman–Crippen LogP) is 4.89. The first kappa shape index (κ1) is 19.0. The fourth-order valence-electron chi connectivity index (χ4n) is 5.38. The highest BCUT2D eigenvalue weighted by Gasteiger charge is 2.46. The summed E-state index contributed by atoms with van der Waals surface area (Å²) in [7, 11) is 0. The van der Waals surface area contributed by atoms with E-state index in [1.165, 1.54) is 37.7 Å². The van der Waals surface area contributed by atoms with Crippen LogP contribution in [-0.4, -0.2) is 28.0 Å². The number of aliphatic hydroxyl groups is 3. The van der Waals surface area contributed by atoms with Crippen molar-refractivity contribution in [3.8, 4) is 0 Å². The third kappa shape index (κ3) is 4.89. The molecule has 3 rings (SSSR count). The van der Waals surface area contributed by atoms with E-state index in [4.69, 9.17) is 5.11 Å². The Kier molecular flexibility index (Phi) is 7.00. The van der Waals surface area contributed by atoms with Crippen LogP contribution in [0.1, 0.15) is 77.0 Å². The lowest BCUT2D eigenvalue weighted by atomic mass is 9.84. The first-order chi connectivity index (χ1) is 12.2. The number of unbranched alkanes of at least 4 members (excludes halogenated alkanes) is 2. The molecule has 2 fully saturated rings. The quantitative estimate of drug-likeness (QED) is 0.332. The lowest BCUT2D eigenvalue weighted by Crippen LogP contribution is -2.22. The summed E-state index contributed by atoms with van der Waals surface area (Å²) in [4.78, 5) is 0. The van der Waals surface area contributed by atoms with Gasteiger partial charge in [-0.05, 0) is 62.4 Å². The molecule has 0 unspecified atom stereocenters. The molecular weight excluding hydrogens is 312 g/mol. The number of hydrogen-bond acceptors (Lipinski definition) is 3. The lowest BCUT2D eigenvalue weighted by molar-refractivity contribution is 0.108. The normalized spacial score (nSPS) is 33.5. The fourth-order valence-corrected chi connectivity index (χ4v) is 5.38. The highest BCUT2D eigenvalue weighted by atomic mass is 16.3. The Bertz CT molecular complexity index is 476. The molecule has 4 atom stereocenters. The number of hydrogen-bond donors (Lipinski definition) is 3. The highest BCUT2D eigenvalue weighted by molar-refractivity contribution is 5.22. The molecule has 3 heteroatoms. The van der Waals surface area contributed by atoms with E-state index in [0.29, 0.717) is 17.6 Å². The molecule has 0 aliphatic heterocycles. The van der Waals surface area contributed by atoms with Crippen LogP contribution in [0.5, 0.6) is 0 Å². The highest BCUT2D eigenvalue weighted by Crippen LogP contribution is 2.49. The standard InChI is InChI=1S/C22H36O3/c23-12-6-2-5-9-17-13-18-15-21(25)22(19(18)14-17)20(24)11-10-16-7-3-1-4-8-16/h11,13,16,18-19,21-25H,1-10,12,14-15H2/t18-,19-,21+,22-/m1/s1. The van der Waals surface area contributed by atoms with E-state index < -0.39 is 0 Å². The third-order valence-corrected chi connectivity index (χ3v) is 6.77. The van der Waals surface area contributed by atoms with E-state index in [1.54, 1.807) is 0 Å². The molecule has 3 aliphatic rings. The monoisotopic (exact) mass is 348 g/mol. The van der Waals surface area contributed by atoms with Gasteiger partial charge in [0, 0.05) is 12.5 Å². The van der Waals surface area contributed by atoms with Crippen molar-refractivity contribution >= 4 is 0 Å². The Morgan fingerprint density at radius 2 is 1.92 bits per heavy atom. The van der Waals surface area contributed by atoms with Gasteiger partial charge in [-0.3, -0.25) is 0 Å². The van der Waals surface area contributed by atoms with Gasteiger partial charge in [-0.2, -0.15) is 0 Å². The van der Waals surface area contributed by atoms with Crippen LogP contribution in [0, 0.1) is 23.7 Å². The summed E-state index contributed by atoms with van der Waals surface area (Å²) < 4.78 is 0. The summed E-state index contributed by atoms with van der Waals surface area (Å²) in [5, 5.41) is 30.0. The first-order valence-corrected chi connectivity index (χ1v) is 10.6. The second kappa shape index (κ2) is 9.23. The molecule has 0 saturated heterocycles. The Morgan fingerprint density at radius 3 is 2.68 bits per heavy atom. The fraction of sp³-hybridized carbons (Fsp3) is 0.818. The van der Waals surface area contributed by atoms with Gasteiger partial charge in [-0.1, -0.05) is 50.2 Å². The van der Waals surface area contributed by atoms with Crippen molar-refractivity contribution in [1.29, 1.82) is 0 Å². The first-order valence-electron chi connectivity index (χ1n) is 10.6. The Balaban J connectivity index is 1.52. The largest absolute Gasteiger partial charge is 0.512 e. The van der Waals surface area contributed by atoms with Crippen LogP contribution in [-0.2, 0) is 0 Å². The number of allylic oxidation sites excluding steroid dienone is 3. The average Bonchev–Trinajstić information content (AvgIpc) is 3.13. The molecule has 0 aromatic carbocycles. The van der Waals surface area contributed by atoms with Gasteiger partial charge < -0.3 is 15.3 Å². The smallest absolute Gasteiger partial charge is 0.0942 e. The van der Waals surface area contributed by atoms with Gasteiger partial charge in [-0.15, -0.1) is 0 Å². The molecule has 0 amide bonds. The summed E-state index contributed by atoms with van der Waals surface area (Å²) in [6.07, 6.45) is 17.7. The molecule has 0 bridgehead atoms. The second-order valence-corrected chi connectivity index (χ2v) is 8.59. The SMILES string of the molecule is OCCCCCC1=C[C@@H]2C[C@H](O)[C@@H](C(O)=CCC3CCCCC3)[C@@H]2C1. The van der Waals surface area contributed by atoms with Crippen LogP contribution < -0.4 is 0 Å². The molecular formula is C22H36O3. The van der Waals surface area contributed by atoms with Crippen LogP contribution in [0.3, 0.4) is 0 Å². The molecule has 0 radical (unpaired) electrons. The van der Waals surface area contributed by atoms with Crippen LogP contribution in [0.15, 0.2) is 23.5 Å². The molecule has 142 valence electrons. The van der Waals surface area contributed by atoms with Gasteiger partial charge in [0.05, 0.1) is 11.9 Å². The minimum absolute atomic E-state index is 0.0558. The maximum atomic E-state index is 10.7. The molecule has 3 N–H and O–H groups in total. The summed E-state index contributed by atoms with van der Waals surface area (Å²) in [6, 6.07) is 0. The van der Waals surface area contributed by atoms with Crippen molar-refractivity contribution in [2.45, 2.75) is 83.2 Å². The van der Waals surface area contributed by atoms with Gasteiger partial charge in [0.25, 0.3) is 0 Å². The number of aliphatic hydroxyl groups excluding tert-OH is 3. The molecule has 0 heterocycles. The van der Waals surface area contributed by atoms with Crippen LogP contribution in [0.25, 0.3) is 0 Å². The molecule has 0 aromatic heterocycles. The average molecular weight is 349 g/mol. The van der Waals surface area contributed by atoms with E-state index >= 15 is 0 Å². The van der Waals surface area contributed by atoms with E-state index in [9.17, 15) is 10.2 Å². The lowest BCUT2D eigenvalue weighted by Gasteiger charge is -2.23. The Morgan fingerprint density at radius 1 is 1.12 bits per heavy atom. The van der Waals surface area contributed by atoms with E-state index in [-0.39, 0.29) is 18.6 Å². The maximum absolute atomic E-state index is 10.7. The summed E-state index contributed by atoms with van der Waals surface area (Å²) in [5.41, 5.74) is 1.50. The zero-order chi connectivity index (χ0) is 17.6. The summed E-state index contributed by atoms with van der Waals surface area (Å²) >= 11 is 0. The number of rotatable bonds is 8. The van der Waals surface area contributed by atoms with Gasteiger partial charge in [0.1, 0.15) is 0 Å². The third-order valence-electron chi connectivity index (χ3n) is 6.77. The minimum atomic E-state index is -0.384. The van der Waals surface area contributed by atoms with Crippen molar-refractivity contribution in [2.24, 2.45) is 23.7 Å². The zero-order valence-electron chi connectivity index (χ0n) is 15.6. The van der Waals surface area contributed by atoms with Gasteiger partial charge >= 0.3 is 0 Å². The van der Waals surface area contributed by atoms with Crippen molar-refractivity contribution in [2.75, 3.05) is 6.61 Å². The molecule has 3 nitrogen and oxygen atoms in total. The summed E-state index contributed by atoms with van der Waals surface area (Å²) in [5.74, 6) is 1.97. The van der Waals surface area contributed by atoms with E-state index in [2.05, 4.69) is 6.08 Å². The Labute approximate surface area is 152 Å². The van der Waals surface area contributed by atoms with Crippen molar-refractivity contribution in [3.05, 3.63) is 23.5 Å². The topological polar surface area (TPSA) is 60.7 Å². The zero-order valence-corrected chi connectivity index (χ0v) is 15.6. The molecule has 3 aliphatic carbocycles. The van der Waals surface area contributed by atoms with Crippen LogP contribution >= 0.6 is 0 Å². The predicted molar refractivity (Wildman–Crippen MR) is 101 cm³/mol. The molecule has 0 aromatic rings. The van der Waals surface area contributed by atoms with Crippen LogP contribution in [0.2, 0.25) is 0 Å². The van der Waals surface area contributed by atoms with Crippen molar-refractivity contribution < 1.29 is 15.3 Å².